The molecule has 0 radical (unpaired) electrons. The zero-order valence-corrected chi connectivity index (χ0v) is 19.7. The van der Waals surface area contributed by atoms with Crippen LogP contribution in [0.2, 0.25) is 0 Å². The summed E-state index contributed by atoms with van der Waals surface area (Å²) in [6.07, 6.45) is 3.10. The van der Waals surface area contributed by atoms with E-state index in [0.29, 0.717) is 42.7 Å². The molecule has 2 aliphatic rings. The van der Waals surface area contributed by atoms with E-state index >= 15 is 0 Å². The number of hydrogen-bond donors (Lipinski definition) is 3. The number of carbonyl (C=O) groups excluding carboxylic acids is 2. The number of aliphatic imine (C=N–C) groups is 1. The molecule has 1 aliphatic heterocycles. The second kappa shape index (κ2) is 11.0. The normalized spacial score (nSPS) is 20.1. The minimum absolute atomic E-state index is 0.0385. The lowest BCUT2D eigenvalue weighted by Crippen LogP contribution is -2.52. The molecule has 0 aromatic heterocycles. The van der Waals surface area contributed by atoms with Crippen LogP contribution in [0, 0.1) is 5.92 Å². The molecule has 3 N–H and O–H groups in total. The molecule has 0 spiro atoms. The number of aliphatic hydroxyl groups is 1. The maximum Gasteiger partial charge on any atom is 0.306 e. The van der Waals surface area contributed by atoms with Crippen molar-refractivity contribution in [1.29, 1.82) is 0 Å². The maximum atomic E-state index is 13.1. The molecule has 3 rings (SSSR count). The highest BCUT2D eigenvalue weighted by Crippen LogP contribution is 2.29. The van der Waals surface area contributed by atoms with Crippen LogP contribution < -0.4 is 15.6 Å². The van der Waals surface area contributed by atoms with Gasteiger partial charge in [-0.05, 0) is 70.2 Å². The van der Waals surface area contributed by atoms with Gasteiger partial charge in [0, 0.05) is 31.6 Å². The van der Waals surface area contributed by atoms with Gasteiger partial charge in [0.05, 0.1) is 6.61 Å². The average molecular weight is 462 g/mol. The number of nitrogens with one attached hydrogen (secondary N) is 2. The Morgan fingerprint density at radius 3 is 2.61 bits per heavy atom. The second-order valence-corrected chi connectivity index (χ2v) is 9.55. The molecule has 1 atom stereocenters. The number of amides is 1. The molecule has 1 aromatic rings. The average Bonchev–Trinajstić information content (AvgIpc) is 3.48. The number of carbonyl (C=O) groups is 2. The molecule has 33 heavy (non-hydrogen) atoms. The lowest BCUT2D eigenvalue weighted by molar-refractivity contribution is -0.155. The van der Waals surface area contributed by atoms with Crippen LogP contribution in [-0.2, 0) is 19.1 Å². The first-order valence-corrected chi connectivity index (χ1v) is 11.5. The summed E-state index contributed by atoms with van der Waals surface area (Å²) in [6.45, 7) is 6.67. The fourth-order valence-electron chi connectivity index (χ4n) is 3.32. The minimum Gasteiger partial charge on any atom is -0.494 e. The largest absolute Gasteiger partial charge is 0.494 e. The first-order chi connectivity index (χ1) is 15.7. The van der Waals surface area contributed by atoms with Crippen LogP contribution in [0.4, 0.5) is 0 Å². The maximum absolute atomic E-state index is 13.1. The Morgan fingerprint density at radius 2 is 1.97 bits per heavy atom. The van der Waals surface area contributed by atoms with Gasteiger partial charge in [0.2, 0.25) is 5.90 Å². The summed E-state index contributed by atoms with van der Waals surface area (Å²) >= 11 is 0. The molecule has 182 valence electrons. The van der Waals surface area contributed by atoms with Crippen molar-refractivity contribution >= 4 is 17.8 Å². The van der Waals surface area contributed by atoms with Crippen molar-refractivity contribution in [2.24, 2.45) is 10.9 Å². The van der Waals surface area contributed by atoms with Gasteiger partial charge < -0.3 is 19.3 Å². The summed E-state index contributed by atoms with van der Waals surface area (Å²) < 4.78 is 16.8. The van der Waals surface area contributed by atoms with Crippen LogP contribution in [0.3, 0.4) is 0 Å². The minimum atomic E-state index is -1.22. The highest BCUT2D eigenvalue weighted by atomic mass is 16.6. The van der Waals surface area contributed by atoms with E-state index in [2.05, 4.69) is 15.8 Å². The molecule has 0 bridgehead atoms. The summed E-state index contributed by atoms with van der Waals surface area (Å²) in [4.78, 5) is 30.0. The number of nitrogens with zero attached hydrogens (tertiary/aromatic N) is 1. The van der Waals surface area contributed by atoms with Gasteiger partial charge in [0.1, 0.15) is 18.0 Å². The van der Waals surface area contributed by atoms with E-state index in [9.17, 15) is 9.59 Å². The van der Waals surface area contributed by atoms with Crippen molar-refractivity contribution in [3.05, 3.63) is 29.8 Å². The zero-order valence-electron chi connectivity index (χ0n) is 19.7. The Kier molecular flexibility index (Phi) is 8.31. The van der Waals surface area contributed by atoms with Crippen LogP contribution in [0.1, 0.15) is 58.4 Å². The summed E-state index contributed by atoms with van der Waals surface area (Å²) in [5.74, 6) is 0.904. The Balaban J connectivity index is 1.69. The molecular weight excluding hydrogens is 426 g/mol. The van der Waals surface area contributed by atoms with Crippen LogP contribution >= 0.6 is 0 Å². The molecule has 0 unspecified atom stereocenters. The molecule has 1 aliphatic carbocycles. The number of ether oxygens (including phenoxy) is 3. The van der Waals surface area contributed by atoms with Gasteiger partial charge in [-0.1, -0.05) is 0 Å². The Labute approximate surface area is 194 Å². The monoisotopic (exact) mass is 461 g/mol. The number of rotatable bonds is 12. The number of esters is 1. The molecule has 9 nitrogen and oxygen atoms in total. The van der Waals surface area contributed by atoms with Crippen LogP contribution in [-0.4, -0.2) is 60.4 Å². The third-order valence-electron chi connectivity index (χ3n) is 5.31. The standard InChI is InChI=1S/C24H35N3O6/c1-23(2,3)33-20(29)11-12-24(22(30)27-25-15-17-5-6-17)16-32-21(26-24)18-7-9-19(10-8-18)31-14-4-13-28/h7-10,17,25,28H,4-6,11-16H2,1-3H3,(H,27,30)/t24-/m0/s1. The van der Waals surface area contributed by atoms with Gasteiger partial charge in [-0.25, -0.2) is 10.4 Å². The van der Waals surface area contributed by atoms with E-state index in [-0.39, 0.29) is 37.9 Å². The summed E-state index contributed by atoms with van der Waals surface area (Å²) in [6, 6.07) is 7.19. The Hall–Kier alpha value is -2.65. The van der Waals surface area contributed by atoms with Crippen molar-refractivity contribution in [2.75, 3.05) is 26.4 Å². The van der Waals surface area contributed by atoms with Crippen molar-refractivity contribution in [1.82, 2.24) is 10.9 Å². The third-order valence-corrected chi connectivity index (χ3v) is 5.31. The number of hydrazine groups is 1. The number of aliphatic hydroxyl groups excluding tert-OH is 1. The first-order valence-electron chi connectivity index (χ1n) is 11.5. The van der Waals surface area contributed by atoms with Crippen molar-refractivity contribution in [3.8, 4) is 5.75 Å². The summed E-state index contributed by atoms with van der Waals surface area (Å²) in [5, 5.41) is 8.87. The van der Waals surface area contributed by atoms with E-state index in [1.54, 1.807) is 45.0 Å². The number of benzene rings is 1. The van der Waals surface area contributed by atoms with Crippen LogP contribution in [0.5, 0.6) is 5.75 Å². The van der Waals surface area contributed by atoms with Gasteiger partial charge in [-0.3, -0.25) is 15.0 Å². The molecule has 0 saturated heterocycles. The Bertz CT molecular complexity index is 845. The molecule has 1 aromatic carbocycles. The van der Waals surface area contributed by atoms with Gasteiger partial charge in [0.15, 0.2) is 5.54 Å². The predicted molar refractivity (Wildman–Crippen MR) is 123 cm³/mol. The number of hydrogen-bond acceptors (Lipinski definition) is 8. The van der Waals surface area contributed by atoms with Crippen LogP contribution in [0.15, 0.2) is 29.3 Å². The fourth-order valence-corrected chi connectivity index (χ4v) is 3.32. The molecule has 1 saturated carbocycles. The topological polar surface area (TPSA) is 118 Å². The molecule has 1 heterocycles. The van der Waals surface area contributed by atoms with Crippen molar-refractivity contribution in [3.63, 3.8) is 0 Å². The summed E-state index contributed by atoms with van der Waals surface area (Å²) in [5.41, 5.74) is 4.63. The highest BCUT2D eigenvalue weighted by molar-refractivity contribution is 6.00. The lowest BCUT2D eigenvalue weighted by atomic mass is 9.94. The zero-order chi connectivity index (χ0) is 23.9. The van der Waals surface area contributed by atoms with E-state index in [0.717, 1.165) is 12.8 Å². The van der Waals surface area contributed by atoms with Crippen molar-refractivity contribution in [2.45, 2.75) is 64.0 Å². The quantitative estimate of drug-likeness (QED) is 0.248. The molecule has 9 heteroatoms. The van der Waals surface area contributed by atoms with E-state index < -0.39 is 11.1 Å². The molecule has 1 fully saturated rings. The van der Waals surface area contributed by atoms with Gasteiger partial charge in [0.25, 0.3) is 5.91 Å². The van der Waals surface area contributed by atoms with Crippen LogP contribution in [0.25, 0.3) is 0 Å². The SMILES string of the molecule is CC(C)(C)OC(=O)CC[C@@]1(C(=O)NNCC2CC2)COC(c2ccc(OCCCO)cc2)=N1. The van der Waals surface area contributed by atoms with E-state index in [1.165, 1.54) is 0 Å². The highest BCUT2D eigenvalue weighted by Gasteiger charge is 2.45. The Morgan fingerprint density at radius 1 is 1.24 bits per heavy atom. The van der Waals surface area contributed by atoms with E-state index in [4.69, 9.17) is 19.3 Å². The van der Waals surface area contributed by atoms with E-state index in [1.807, 2.05) is 0 Å². The van der Waals surface area contributed by atoms with Gasteiger partial charge in [-0.15, -0.1) is 0 Å². The first kappa shape index (κ1) is 25.0. The van der Waals surface area contributed by atoms with Gasteiger partial charge in [-0.2, -0.15) is 0 Å². The predicted octanol–water partition coefficient (Wildman–Crippen LogP) is 2.12. The van der Waals surface area contributed by atoms with Crippen molar-refractivity contribution < 1.29 is 28.9 Å². The smallest absolute Gasteiger partial charge is 0.306 e. The lowest BCUT2D eigenvalue weighted by Gasteiger charge is -2.24. The van der Waals surface area contributed by atoms with Gasteiger partial charge >= 0.3 is 5.97 Å². The second-order valence-electron chi connectivity index (χ2n) is 9.55. The molecular formula is C24H35N3O6. The third kappa shape index (κ3) is 7.71. The fraction of sp³-hybridized carbons (Fsp3) is 0.625. The summed E-state index contributed by atoms with van der Waals surface area (Å²) in [7, 11) is 0. The molecule has 1 amide bonds.